The van der Waals surface area contributed by atoms with Gasteiger partial charge in [0.1, 0.15) is 12.1 Å². The van der Waals surface area contributed by atoms with Crippen LogP contribution >= 0.6 is 0 Å². The van der Waals surface area contributed by atoms with Gasteiger partial charge in [0.15, 0.2) is 0 Å². The molecule has 19 heavy (non-hydrogen) atoms. The largest absolute Gasteiger partial charge is 0.316 e. The molecule has 0 aliphatic carbocycles. The molecule has 0 bridgehead atoms. The van der Waals surface area contributed by atoms with Crippen LogP contribution in [-0.4, -0.2) is 16.6 Å². The Morgan fingerprint density at radius 1 is 1.16 bits per heavy atom. The second kappa shape index (κ2) is 4.82. The summed E-state index contributed by atoms with van der Waals surface area (Å²) in [7, 11) is 1.85. The number of nitrogens with zero attached hydrogens (tertiary/aromatic N) is 2. The molecule has 1 aromatic heterocycles. The van der Waals surface area contributed by atoms with Crippen LogP contribution in [0.15, 0.2) is 48.8 Å². The Kier molecular flexibility index (Phi) is 3.01. The van der Waals surface area contributed by atoms with E-state index in [0.29, 0.717) is 12.2 Å². The number of benzene rings is 2. The Hall–Kier alpha value is -2.20. The zero-order chi connectivity index (χ0) is 13.2. The van der Waals surface area contributed by atoms with Crippen molar-refractivity contribution in [2.24, 2.45) is 0 Å². The van der Waals surface area contributed by atoms with Crippen molar-refractivity contribution in [3.63, 3.8) is 0 Å². The molecule has 0 aliphatic heterocycles. The van der Waals surface area contributed by atoms with E-state index >= 15 is 0 Å². The fourth-order valence-electron chi connectivity index (χ4n) is 2.30. The van der Waals surface area contributed by atoms with Crippen molar-refractivity contribution in [3.05, 3.63) is 60.2 Å². The van der Waals surface area contributed by atoms with Crippen LogP contribution in [0.2, 0.25) is 0 Å². The lowest BCUT2D eigenvalue weighted by Crippen LogP contribution is -2.10. The van der Waals surface area contributed by atoms with E-state index in [-0.39, 0.29) is 5.82 Å². The summed E-state index contributed by atoms with van der Waals surface area (Å²) >= 11 is 0. The quantitative estimate of drug-likeness (QED) is 0.780. The van der Waals surface area contributed by atoms with Crippen LogP contribution in [0.3, 0.4) is 0 Å². The number of hydrogen-bond acceptors (Lipinski definition) is 2. The minimum atomic E-state index is -0.240. The number of hydrogen-bond donors (Lipinski definition) is 1. The molecular formula is C15H14FN3. The van der Waals surface area contributed by atoms with Gasteiger partial charge in [-0.25, -0.2) is 9.37 Å². The van der Waals surface area contributed by atoms with Gasteiger partial charge in [-0.1, -0.05) is 24.3 Å². The third-order valence-electron chi connectivity index (χ3n) is 3.13. The van der Waals surface area contributed by atoms with E-state index in [9.17, 15) is 4.39 Å². The van der Waals surface area contributed by atoms with Gasteiger partial charge >= 0.3 is 0 Å². The Morgan fingerprint density at radius 3 is 2.84 bits per heavy atom. The van der Waals surface area contributed by atoms with E-state index in [1.54, 1.807) is 17.0 Å². The Balaban J connectivity index is 2.26. The van der Waals surface area contributed by atoms with Gasteiger partial charge < -0.3 is 5.32 Å². The van der Waals surface area contributed by atoms with Gasteiger partial charge in [0.05, 0.1) is 16.7 Å². The highest BCUT2D eigenvalue weighted by atomic mass is 19.1. The Bertz CT molecular complexity index is 718. The molecule has 3 rings (SSSR count). The van der Waals surface area contributed by atoms with Gasteiger partial charge in [0.2, 0.25) is 0 Å². The number of halogens is 1. The molecule has 1 heterocycles. The third kappa shape index (κ3) is 2.00. The van der Waals surface area contributed by atoms with Crippen LogP contribution in [0.1, 0.15) is 5.56 Å². The number of imidazole rings is 1. The van der Waals surface area contributed by atoms with Crippen molar-refractivity contribution in [2.45, 2.75) is 6.54 Å². The van der Waals surface area contributed by atoms with Crippen LogP contribution < -0.4 is 5.32 Å². The maximum atomic E-state index is 14.2. The molecule has 3 aromatic rings. The highest BCUT2D eigenvalue weighted by molar-refractivity contribution is 5.77. The SMILES string of the molecule is CNCc1cccc(F)c1-n1cnc2ccccc21. The van der Waals surface area contributed by atoms with Crippen LogP contribution in [-0.2, 0) is 6.54 Å². The van der Waals surface area contributed by atoms with Gasteiger partial charge in [0, 0.05) is 6.54 Å². The molecular weight excluding hydrogens is 241 g/mol. The maximum Gasteiger partial charge on any atom is 0.147 e. The van der Waals surface area contributed by atoms with Crippen LogP contribution in [0, 0.1) is 5.82 Å². The minimum absolute atomic E-state index is 0.240. The molecule has 0 atom stereocenters. The summed E-state index contributed by atoms with van der Waals surface area (Å²) in [5, 5.41) is 3.06. The average Bonchev–Trinajstić information content (AvgIpc) is 2.83. The van der Waals surface area contributed by atoms with Gasteiger partial charge in [-0.2, -0.15) is 0 Å². The normalized spacial score (nSPS) is 11.1. The molecule has 0 aliphatic rings. The Morgan fingerprint density at radius 2 is 2.00 bits per heavy atom. The first kappa shape index (κ1) is 11.9. The molecule has 0 unspecified atom stereocenters. The molecule has 0 saturated carbocycles. The highest BCUT2D eigenvalue weighted by Crippen LogP contribution is 2.23. The lowest BCUT2D eigenvalue weighted by molar-refractivity contribution is 0.614. The van der Waals surface area contributed by atoms with Gasteiger partial charge in [0.25, 0.3) is 0 Å². The summed E-state index contributed by atoms with van der Waals surface area (Å²) in [5.74, 6) is -0.240. The molecule has 0 spiro atoms. The van der Waals surface area contributed by atoms with E-state index in [4.69, 9.17) is 0 Å². The number of fused-ring (bicyclic) bond motifs is 1. The minimum Gasteiger partial charge on any atom is -0.316 e. The first-order chi connectivity index (χ1) is 9.31. The van der Waals surface area contributed by atoms with Crippen molar-refractivity contribution in [1.82, 2.24) is 14.9 Å². The molecule has 3 nitrogen and oxygen atoms in total. The molecule has 0 saturated heterocycles. The van der Waals surface area contributed by atoms with Crippen molar-refractivity contribution < 1.29 is 4.39 Å². The lowest BCUT2D eigenvalue weighted by atomic mass is 10.1. The van der Waals surface area contributed by atoms with Crippen molar-refractivity contribution in [1.29, 1.82) is 0 Å². The third-order valence-corrected chi connectivity index (χ3v) is 3.13. The predicted octanol–water partition coefficient (Wildman–Crippen LogP) is 2.88. The summed E-state index contributed by atoms with van der Waals surface area (Å²) in [6.45, 7) is 0.611. The first-order valence-electron chi connectivity index (χ1n) is 6.15. The van der Waals surface area contributed by atoms with Crippen molar-refractivity contribution >= 4 is 11.0 Å². The molecule has 1 N–H and O–H groups in total. The monoisotopic (exact) mass is 255 g/mol. The van der Waals surface area contributed by atoms with Crippen molar-refractivity contribution in [3.8, 4) is 5.69 Å². The molecule has 2 aromatic carbocycles. The van der Waals surface area contributed by atoms with Crippen LogP contribution in [0.25, 0.3) is 16.7 Å². The second-order valence-corrected chi connectivity index (χ2v) is 4.38. The van der Waals surface area contributed by atoms with Gasteiger partial charge in [-0.3, -0.25) is 4.57 Å². The first-order valence-corrected chi connectivity index (χ1v) is 6.15. The highest BCUT2D eigenvalue weighted by Gasteiger charge is 2.12. The standard InChI is InChI=1S/C15H14FN3/c1-17-9-11-5-4-6-12(16)15(11)19-10-18-13-7-2-3-8-14(13)19/h2-8,10,17H,9H2,1H3. The van der Waals surface area contributed by atoms with E-state index in [1.165, 1.54) is 6.07 Å². The topological polar surface area (TPSA) is 29.9 Å². The summed E-state index contributed by atoms with van der Waals surface area (Å²) in [6, 6.07) is 12.8. The van der Waals surface area contributed by atoms with Gasteiger partial charge in [-0.15, -0.1) is 0 Å². The second-order valence-electron chi connectivity index (χ2n) is 4.38. The number of nitrogens with one attached hydrogen (secondary N) is 1. The fourth-order valence-corrected chi connectivity index (χ4v) is 2.30. The molecule has 0 radical (unpaired) electrons. The summed E-state index contributed by atoms with van der Waals surface area (Å²) < 4.78 is 16.0. The van der Waals surface area contributed by atoms with E-state index < -0.39 is 0 Å². The fraction of sp³-hybridized carbons (Fsp3) is 0.133. The molecule has 96 valence electrons. The number of rotatable bonds is 3. The predicted molar refractivity (Wildman–Crippen MR) is 73.8 cm³/mol. The maximum absolute atomic E-state index is 14.2. The molecule has 0 fully saturated rings. The number of aromatic nitrogens is 2. The number of para-hydroxylation sites is 3. The van der Waals surface area contributed by atoms with Crippen LogP contribution in [0.4, 0.5) is 4.39 Å². The molecule has 4 heteroatoms. The Labute approximate surface area is 110 Å². The summed E-state index contributed by atoms with van der Waals surface area (Å²) in [4.78, 5) is 4.31. The smallest absolute Gasteiger partial charge is 0.147 e. The molecule has 0 amide bonds. The van der Waals surface area contributed by atoms with Gasteiger partial charge in [-0.05, 0) is 30.8 Å². The van der Waals surface area contributed by atoms with Crippen LogP contribution in [0.5, 0.6) is 0 Å². The average molecular weight is 255 g/mol. The summed E-state index contributed by atoms with van der Waals surface area (Å²) in [6.07, 6.45) is 1.67. The van der Waals surface area contributed by atoms with E-state index in [0.717, 1.165) is 16.6 Å². The van der Waals surface area contributed by atoms with Crippen molar-refractivity contribution in [2.75, 3.05) is 7.05 Å². The zero-order valence-corrected chi connectivity index (χ0v) is 10.6. The summed E-state index contributed by atoms with van der Waals surface area (Å²) in [5.41, 5.74) is 3.24. The lowest BCUT2D eigenvalue weighted by Gasteiger charge is -2.12. The zero-order valence-electron chi connectivity index (χ0n) is 10.6. The van der Waals surface area contributed by atoms with E-state index in [1.807, 2.05) is 37.4 Å². The van der Waals surface area contributed by atoms with E-state index in [2.05, 4.69) is 10.3 Å².